The van der Waals surface area contributed by atoms with E-state index in [1.807, 2.05) is 6.07 Å². The van der Waals surface area contributed by atoms with Crippen LogP contribution in [-0.2, 0) is 4.74 Å². The third kappa shape index (κ3) is 1.22. The maximum atomic E-state index is 10.9. The van der Waals surface area contributed by atoms with Crippen LogP contribution in [0, 0.1) is 11.3 Å². The van der Waals surface area contributed by atoms with E-state index in [0.717, 1.165) is 4.68 Å². The fraction of sp³-hybridized carbons (Fsp3) is 0.143. The maximum absolute atomic E-state index is 10.9. The monoisotopic (exact) mass is 165 g/mol. The van der Waals surface area contributed by atoms with Crippen LogP contribution in [0.4, 0.5) is 0 Å². The summed E-state index contributed by atoms with van der Waals surface area (Å²) in [5.74, 6) is 4.80. The van der Waals surface area contributed by atoms with Crippen LogP contribution < -0.4 is 5.84 Å². The van der Waals surface area contributed by atoms with Gasteiger partial charge >= 0.3 is 5.97 Å². The molecule has 5 heteroatoms. The first-order valence-corrected chi connectivity index (χ1v) is 3.15. The van der Waals surface area contributed by atoms with E-state index in [4.69, 9.17) is 11.1 Å². The summed E-state index contributed by atoms with van der Waals surface area (Å²) in [6.07, 6.45) is 1.35. The highest BCUT2D eigenvalue weighted by Crippen LogP contribution is 2.05. The number of nitrogen functional groups attached to an aromatic ring is 1. The number of carbonyl (C=O) groups is 1. The lowest BCUT2D eigenvalue weighted by Gasteiger charge is -1.98. The number of esters is 1. The van der Waals surface area contributed by atoms with Crippen molar-refractivity contribution in [2.45, 2.75) is 0 Å². The van der Waals surface area contributed by atoms with E-state index in [9.17, 15) is 4.79 Å². The number of methoxy groups -OCH3 is 1. The van der Waals surface area contributed by atoms with Crippen molar-refractivity contribution < 1.29 is 9.53 Å². The number of nitrogens with zero attached hydrogens (tertiary/aromatic N) is 2. The van der Waals surface area contributed by atoms with Crippen LogP contribution in [0.3, 0.4) is 0 Å². The molecule has 0 fully saturated rings. The number of carbonyl (C=O) groups excluding carboxylic acids is 1. The standard InChI is InChI=1S/C7H7N3O2/c1-12-7(11)6-2-5(3-8)4-10(6)9/h2,4H,9H2,1H3. The normalized spacial score (nSPS) is 9.00. The molecule has 0 saturated heterocycles. The molecule has 12 heavy (non-hydrogen) atoms. The van der Waals surface area contributed by atoms with Gasteiger partial charge in [-0.3, -0.25) is 4.68 Å². The number of aromatic nitrogens is 1. The third-order valence-corrected chi connectivity index (χ3v) is 1.37. The lowest BCUT2D eigenvalue weighted by Crippen LogP contribution is -2.15. The largest absolute Gasteiger partial charge is 0.464 e. The Morgan fingerprint density at radius 2 is 2.50 bits per heavy atom. The molecule has 1 aromatic heterocycles. The molecular weight excluding hydrogens is 158 g/mol. The van der Waals surface area contributed by atoms with Gasteiger partial charge in [-0.25, -0.2) is 4.79 Å². The molecule has 62 valence electrons. The quantitative estimate of drug-likeness (QED) is 0.464. The zero-order valence-corrected chi connectivity index (χ0v) is 6.44. The van der Waals surface area contributed by atoms with Crippen molar-refractivity contribution in [1.82, 2.24) is 4.68 Å². The zero-order valence-electron chi connectivity index (χ0n) is 6.44. The first-order chi connectivity index (χ1) is 5.69. The summed E-state index contributed by atoms with van der Waals surface area (Å²) in [7, 11) is 1.25. The highest BCUT2D eigenvalue weighted by Gasteiger charge is 2.11. The average Bonchev–Trinajstić information content (AvgIpc) is 2.45. The lowest BCUT2D eigenvalue weighted by atomic mass is 10.3. The van der Waals surface area contributed by atoms with E-state index in [1.54, 1.807) is 0 Å². The van der Waals surface area contributed by atoms with E-state index in [0.29, 0.717) is 5.56 Å². The molecule has 1 rings (SSSR count). The van der Waals surface area contributed by atoms with Crippen molar-refractivity contribution in [2.24, 2.45) is 0 Å². The van der Waals surface area contributed by atoms with Gasteiger partial charge in [-0.2, -0.15) is 5.26 Å². The molecule has 2 N–H and O–H groups in total. The molecule has 0 spiro atoms. The van der Waals surface area contributed by atoms with Crippen LogP contribution in [0.2, 0.25) is 0 Å². The molecule has 0 radical (unpaired) electrons. The molecule has 0 unspecified atom stereocenters. The summed E-state index contributed by atoms with van der Waals surface area (Å²) in [6, 6.07) is 3.23. The van der Waals surface area contributed by atoms with Crippen molar-refractivity contribution in [3.8, 4) is 6.07 Å². The Kier molecular flexibility index (Phi) is 2.01. The maximum Gasteiger partial charge on any atom is 0.356 e. The Morgan fingerprint density at radius 1 is 1.83 bits per heavy atom. The SMILES string of the molecule is COC(=O)c1cc(C#N)cn1N. The van der Waals surface area contributed by atoms with Crippen molar-refractivity contribution >= 4 is 5.97 Å². The van der Waals surface area contributed by atoms with Gasteiger partial charge in [-0.05, 0) is 6.07 Å². The number of nitriles is 1. The molecule has 0 atom stereocenters. The predicted octanol–water partition coefficient (Wildman–Crippen LogP) is -0.140. The smallest absolute Gasteiger partial charge is 0.356 e. The van der Waals surface area contributed by atoms with Gasteiger partial charge in [0.2, 0.25) is 0 Å². The van der Waals surface area contributed by atoms with Crippen LogP contribution in [0.15, 0.2) is 12.3 Å². The van der Waals surface area contributed by atoms with Gasteiger partial charge in [0, 0.05) is 6.20 Å². The fourth-order valence-electron chi connectivity index (χ4n) is 0.809. The summed E-state index contributed by atoms with van der Waals surface area (Å²) in [6.45, 7) is 0. The summed E-state index contributed by atoms with van der Waals surface area (Å²) < 4.78 is 5.49. The number of rotatable bonds is 1. The van der Waals surface area contributed by atoms with Crippen LogP contribution >= 0.6 is 0 Å². The van der Waals surface area contributed by atoms with Crippen molar-refractivity contribution in [2.75, 3.05) is 13.0 Å². The zero-order chi connectivity index (χ0) is 9.14. The first kappa shape index (κ1) is 8.14. The highest BCUT2D eigenvalue weighted by atomic mass is 16.5. The molecule has 0 bridgehead atoms. The second kappa shape index (κ2) is 2.96. The molecule has 0 saturated carbocycles. The summed E-state index contributed by atoms with van der Waals surface area (Å²) in [4.78, 5) is 10.9. The van der Waals surface area contributed by atoms with Crippen LogP contribution in [0.25, 0.3) is 0 Å². The van der Waals surface area contributed by atoms with Gasteiger partial charge in [0.15, 0.2) is 0 Å². The highest BCUT2D eigenvalue weighted by molar-refractivity contribution is 5.88. The van der Waals surface area contributed by atoms with Gasteiger partial charge < -0.3 is 10.6 Å². The molecule has 0 aromatic carbocycles. The van der Waals surface area contributed by atoms with Gasteiger partial charge in [0.25, 0.3) is 0 Å². The summed E-state index contributed by atoms with van der Waals surface area (Å²) >= 11 is 0. The van der Waals surface area contributed by atoms with Crippen LogP contribution in [-0.4, -0.2) is 17.8 Å². The van der Waals surface area contributed by atoms with E-state index in [1.165, 1.54) is 19.4 Å². The van der Waals surface area contributed by atoms with E-state index >= 15 is 0 Å². The second-order valence-corrected chi connectivity index (χ2v) is 2.12. The van der Waals surface area contributed by atoms with Gasteiger partial charge in [-0.1, -0.05) is 0 Å². The number of ether oxygens (including phenoxy) is 1. The third-order valence-electron chi connectivity index (χ3n) is 1.37. The van der Waals surface area contributed by atoms with E-state index < -0.39 is 5.97 Å². The van der Waals surface area contributed by atoms with Gasteiger partial charge in [0.05, 0.1) is 12.7 Å². The molecule has 0 aliphatic heterocycles. The van der Waals surface area contributed by atoms with Crippen LogP contribution in [0.1, 0.15) is 16.1 Å². The summed E-state index contributed by atoms with van der Waals surface area (Å²) in [5, 5.41) is 8.46. The number of nitrogens with two attached hydrogens (primary N) is 1. The van der Waals surface area contributed by atoms with E-state index in [-0.39, 0.29) is 5.69 Å². The Hall–Kier alpha value is -1.96. The molecule has 0 amide bonds. The minimum Gasteiger partial charge on any atom is -0.464 e. The van der Waals surface area contributed by atoms with Crippen molar-refractivity contribution in [3.63, 3.8) is 0 Å². The molecular formula is C7H7N3O2. The lowest BCUT2D eigenvalue weighted by molar-refractivity contribution is 0.0591. The Morgan fingerprint density at radius 3 is 2.92 bits per heavy atom. The van der Waals surface area contributed by atoms with Crippen molar-refractivity contribution in [3.05, 3.63) is 23.5 Å². The second-order valence-electron chi connectivity index (χ2n) is 2.12. The van der Waals surface area contributed by atoms with E-state index in [2.05, 4.69) is 4.74 Å². The molecule has 5 nitrogen and oxygen atoms in total. The van der Waals surface area contributed by atoms with Crippen LogP contribution in [0.5, 0.6) is 0 Å². The number of hydrogen-bond donors (Lipinski definition) is 1. The minimum absolute atomic E-state index is 0.161. The van der Waals surface area contributed by atoms with Gasteiger partial charge in [0.1, 0.15) is 11.8 Å². The van der Waals surface area contributed by atoms with Gasteiger partial charge in [-0.15, -0.1) is 0 Å². The molecule has 1 aromatic rings. The Balaban J connectivity index is 3.10. The first-order valence-electron chi connectivity index (χ1n) is 3.15. The fourth-order valence-corrected chi connectivity index (χ4v) is 0.809. The molecule has 1 heterocycles. The Labute approximate surface area is 68.9 Å². The topological polar surface area (TPSA) is 81.0 Å². The average molecular weight is 165 g/mol. The number of hydrogen-bond acceptors (Lipinski definition) is 4. The minimum atomic E-state index is -0.556. The summed E-state index contributed by atoms with van der Waals surface area (Å²) in [5.41, 5.74) is 0.493. The van der Waals surface area contributed by atoms with Crippen molar-refractivity contribution in [1.29, 1.82) is 5.26 Å². The Bertz CT molecular complexity index is 348. The molecule has 0 aliphatic carbocycles. The predicted molar refractivity (Wildman–Crippen MR) is 40.6 cm³/mol. The molecule has 0 aliphatic rings.